The first-order valence-electron chi connectivity index (χ1n) is 5.64. The number of amides is 1. The third-order valence-corrected chi connectivity index (χ3v) is 2.99. The Bertz CT molecular complexity index is 215. The van der Waals surface area contributed by atoms with Gasteiger partial charge >= 0.3 is 0 Å². The minimum Gasteiger partial charge on any atom is -0.396 e. The van der Waals surface area contributed by atoms with Crippen LogP contribution in [-0.2, 0) is 4.79 Å². The molecular formula is C11H22N2O2. The van der Waals surface area contributed by atoms with Crippen LogP contribution in [0, 0.1) is 5.92 Å². The number of rotatable bonds is 3. The summed E-state index contributed by atoms with van der Waals surface area (Å²) in [6, 6.07) is 0. The van der Waals surface area contributed by atoms with Crippen molar-refractivity contribution in [3.63, 3.8) is 0 Å². The highest BCUT2D eigenvalue weighted by Gasteiger charge is 2.30. The van der Waals surface area contributed by atoms with Crippen LogP contribution in [-0.4, -0.2) is 41.1 Å². The van der Waals surface area contributed by atoms with Gasteiger partial charge in [0.05, 0.1) is 5.54 Å². The van der Waals surface area contributed by atoms with Crippen molar-refractivity contribution in [2.45, 2.75) is 38.6 Å². The average Bonchev–Trinajstić information content (AvgIpc) is 2.17. The van der Waals surface area contributed by atoms with Crippen LogP contribution < -0.4 is 5.73 Å². The number of likely N-dealkylation sites (tertiary alicyclic amines) is 1. The first-order valence-corrected chi connectivity index (χ1v) is 5.64. The number of nitrogens with two attached hydrogens (primary N) is 1. The highest BCUT2D eigenvalue weighted by atomic mass is 16.3. The van der Waals surface area contributed by atoms with Crippen LogP contribution in [0.5, 0.6) is 0 Å². The smallest absolute Gasteiger partial charge is 0.242 e. The predicted octanol–water partition coefficient (Wildman–Crippen LogP) is 0.345. The van der Waals surface area contributed by atoms with Crippen molar-refractivity contribution in [2.75, 3.05) is 19.7 Å². The Balaban J connectivity index is 2.41. The molecule has 4 nitrogen and oxygen atoms in total. The molecule has 0 atom stereocenters. The number of carbonyl (C=O) groups excluding carboxylic acids is 1. The van der Waals surface area contributed by atoms with Gasteiger partial charge in [-0.05, 0) is 39.0 Å². The third-order valence-electron chi connectivity index (χ3n) is 2.99. The zero-order chi connectivity index (χ0) is 11.5. The van der Waals surface area contributed by atoms with Crippen molar-refractivity contribution in [2.24, 2.45) is 11.7 Å². The Hall–Kier alpha value is -0.610. The Morgan fingerprint density at radius 2 is 2.00 bits per heavy atom. The minimum atomic E-state index is -0.760. The van der Waals surface area contributed by atoms with Gasteiger partial charge in [0, 0.05) is 19.7 Å². The molecule has 0 saturated carbocycles. The van der Waals surface area contributed by atoms with Crippen molar-refractivity contribution in [3.8, 4) is 0 Å². The number of hydrogen-bond acceptors (Lipinski definition) is 3. The molecule has 0 aromatic rings. The Labute approximate surface area is 91.4 Å². The maximum atomic E-state index is 11.8. The lowest BCUT2D eigenvalue weighted by molar-refractivity contribution is -0.137. The van der Waals surface area contributed by atoms with E-state index in [1.54, 1.807) is 13.8 Å². The molecule has 88 valence electrons. The van der Waals surface area contributed by atoms with E-state index in [1.807, 2.05) is 4.90 Å². The number of aliphatic hydroxyl groups is 1. The standard InChI is InChI=1S/C11H22N2O2/c1-11(2,12)10(15)13-6-3-9(4-7-13)5-8-14/h9,14H,3-8,12H2,1-2H3. The SMILES string of the molecule is CC(C)(N)C(=O)N1CCC(CCO)CC1. The van der Waals surface area contributed by atoms with Crippen LogP contribution in [0.4, 0.5) is 0 Å². The van der Waals surface area contributed by atoms with Gasteiger partial charge in [-0.3, -0.25) is 4.79 Å². The molecule has 1 saturated heterocycles. The van der Waals surface area contributed by atoms with Gasteiger partial charge in [0.15, 0.2) is 0 Å². The fourth-order valence-corrected chi connectivity index (χ4v) is 2.01. The Morgan fingerprint density at radius 1 is 1.47 bits per heavy atom. The van der Waals surface area contributed by atoms with E-state index in [2.05, 4.69) is 0 Å². The molecule has 1 heterocycles. The monoisotopic (exact) mass is 214 g/mol. The maximum Gasteiger partial charge on any atom is 0.242 e. The molecular weight excluding hydrogens is 192 g/mol. The van der Waals surface area contributed by atoms with Crippen LogP contribution >= 0.6 is 0 Å². The van der Waals surface area contributed by atoms with E-state index in [0.717, 1.165) is 32.4 Å². The maximum absolute atomic E-state index is 11.8. The normalized spacial score (nSPS) is 19.3. The molecule has 1 aliphatic heterocycles. The number of hydrogen-bond donors (Lipinski definition) is 2. The zero-order valence-electron chi connectivity index (χ0n) is 9.70. The molecule has 0 aromatic carbocycles. The molecule has 1 amide bonds. The fraction of sp³-hybridized carbons (Fsp3) is 0.909. The fourth-order valence-electron chi connectivity index (χ4n) is 2.01. The van der Waals surface area contributed by atoms with Gasteiger partial charge in [-0.1, -0.05) is 0 Å². The van der Waals surface area contributed by atoms with Crippen LogP contribution in [0.2, 0.25) is 0 Å². The molecule has 1 fully saturated rings. The molecule has 1 rings (SSSR count). The molecule has 1 aliphatic rings. The van der Waals surface area contributed by atoms with Crippen molar-refractivity contribution >= 4 is 5.91 Å². The quantitative estimate of drug-likeness (QED) is 0.712. The molecule has 0 bridgehead atoms. The first kappa shape index (κ1) is 12.5. The topological polar surface area (TPSA) is 66.6 Å². The molecule has 0 unspecified atom stereocenters. The van der Waals surface area contributed by atoms with Gasteiger partial charge in [-0.2, -0.15) is 0 Å². The third kappa shape index (κ3) is 3.47. The number of aliphatic hydroxyl groups excluding tert-OH is 1. The first-order chi connectivity index (χ1) is 6.95. The van der Waals surface area contributed by atoms with Gasteiger partial charge in [0.1, 0.15) is 0 Å². The van der Waals surface area contributed by atoms with E-state index in [4.69, 9.17) is 10.8 Å². The zero-order valence-corrected chi connectivity index (χ0v) is 9.70. The van der Waals surface area contributed by atoms with E-state index in [1.165, 1.54) is 0 Å². The lowest BCUT2D eigenvalue weighted by Gasteiger charge is -2.35. The van der Waals surface area contributed by atoms with Crippen molar-refractivity contribution in [3.05, 3.63) is 0 Å². The summed E-state index contributed by atoms with van der Waals surface area (Å²) in [5.41, 5.74) is 5.01. The van der Waals surface area contributed by atoms with Gasteiger partial charge in [-0.15, -0.1) is 0 Å². The average molecular weight is 214 g/mol. The van der Waals surface area contributed by atoms with Gasteiger partial charge < -0.3 is 15.7 Å². The summed E-state index contributed by atoms with van der Waals surface area (Å²) < 4.78 is 0. The molecule has 0 aromatic heterocycles. The molecule has 4 heteroatoms. The molecule has 0 radical (unpaired) electrons. The lowest BCUT2D eigenvalue weighted by atomic mass is 9.92. The second-order valence-electron chi connectivity index (χ2n) is 4.97. The van der Waals surface area contributed by atoms with E-state index in [9.17, 15) is 4.79 Å². The van der Waals surface area contributed by atoms with E-state index < -0.39 is 5.54 Å². The van der Waals surface area contributed by atoms with Gasteiger partial charge in [0.2, 0.25) is 5.91 Å². The summed E-state index contributed by atoms with van der Waals surface area (Å²) in [6.45, 7) is 5.31. The van der Waals surface area contributed by atoms with Crippen LogP contribution in [0.25, 0.3) is 0 Å². The highest BCUT2D eigenvalue weighted by molar-refractivity contribution is 5.85. The summed E-state index contributed by atoms with van der Waals surface area (Å²) >= 11 is 0. The largest absolute Gasteiger partial charge is 0.396 e. The lowest BCUT2D eigenvalue weighted by Crippen LogP contribution is -2.53. The van der Waals surface area contributed by atoms with Crippen LogP contribution in [0.15, 0.2) is 0 Å². The van der Waals surface area contributed by atoms with Crippen molar-refractivity contribution in [1.29, 1.82) is 0 Å². The minimum absolute atomic E-state index is 0.0324. The summed E-state index contributed by atoms with van der Waals surface area (Å²) in [5, 5.41) is 8.82. The summed E-state index contributed by atoms with van der Waals surface area (Å²) in [7, 11) is 0. The Morgan fingerprint density at radius 3 is 2.40 bits per heavy atom. The molecule has 15 heavy (non-hydrogen) atoms. The van der Waals surface area contributed by atoms with Crippen molar-refractivity contribution in [1.82, 2.24) is 4.90 Å². The van der Waals surface area contributed by atoms with Crippen LogP contribution in [0.3, 0.4) is 0 Å². The summed E-state index contributed by atoms with van der Waals surface area (Å²) in [6.07, 6.45) is 2.83. The summed E-state index contributed by atoms with van der Waals surface area (Å²) in [5.74, 6) is 0.602. The predicted molar refractivity (Wildman–Crippen MR) is 59.3 cm³/mol. The van der Waals surface area contributed by atoms with E-state index >= 15 is 0 Å². The van der Waals surface area contributed by atoms with Gasteiger partial charge in [-0.25, -0.2) is 0 Å². The summed E-state index contributed by atoms with van der Waals surface area (Å²) in [4.78, 5) is 13.7. The van der Waals surface area contributed by atoms with E-state index in [0.29, 0.717) is 5.92 Å². The second-order valence-corrected chi connectivity index (χ2v) is 4.97. The molecule has 0 aliphatic carbocycles. The van der Waals surface area contributed by atoms with Crippen molar-refractivity contribution < 1.29 is 9.90 Å². The highest BCUT2D eigenvalue weighted by Crippen LogP contribution is 2.21. The number of carbonyl (C=O) groups is 1. The van der Waals surface area contributed by atoms with Crippen LogP contribution in [0.1, 0.15) is 33.1 Å². The van der Waals surface area contributed by atoms with Gasteiger partial charge in [0.25, 0.3) is 0 Å². The number of piperidine rings is 1. The number of nitrogens with zero attached hydrogens (tertiary/aromatic N) is 1. The molecule has 0 spiro atoms. The molecule has 3 N–H and O–H groups in total. The van der Waals surface area contributed by atoms with E-state index in [-0.39, 0.29) is 12.5 Å². The Kier molecular flexibility index (Phi) is 4.11. The second kappa shape index (κ2) is 4.94.